The average Bonchev–Trinajstić information content (AvgIpc) is 2.14. The Morgan fingerprint density at radius 3 is 1.83 bits per heavy atom. The Kier molecular flexibility index (Phi) is 14.1. The van der Waals surface area contributed by atoms with Gasteiger partial charge in [0.2, 0.25) is 0 Å². The van der Waals surface area contributed by atoms with Crippen LogP contribution in [0.5, 0.6) is 0 Å². The van der Waals surface area contributed by atoms with E-state index in [-0.39, 0.29) is 23.6 Å². The van der Waals surface area contributed by atoms with E-state index < -0.39 is 11.9 Å². The molecule has 0 amide bonds. The van der Waals surface area contributed by atoms with Gasteiger partial charge in [-0.1, -0.05) is 44.9 Å². The van der Waals surface area contributed by atoms with Crippen molar-refractivity contribution in [1.82, 2.24) is 0 Å². The Morgan fingerprint density at radius 2 is 1.44 bits per heavy atom. The molecule has 0 atom stereocenters. The zero-order valence-corrected chi connectivity index (χ0v) is 11.6. The molecule has 6 heteroatoms. The summed E-state index contributed by atoms with van der Waals surface area (Å²) in [5.74, 6) is -1.64. The van der Waals surface area contributed by atoms with Crippen LogP contribution in [0, 0.1) is 0 Å². The molecule has 0 aromatic rings. The first-order valence-corrected chi connectivity index (χ1v) is 6.10. The van der Waals surface area contributed by atoms with Crippen molar-refractivity contribution in [3.05, 3.63) is 5.32 Å². The van der Waals surface area contributed by atoms with E-state index in [1.54, 1.807) is 0 Å². The summed E-state index contributed by atoms with van der Waals surface area (Å²) in [7, 11) is 0. The van der Waals surface area contributed by atoms with Gasteiger partial charge in [0.1, 0.15) is 0 Å². The van der Waals surface area contributed by atoms with Gasteiger partial charge < -0.3 is 15.5 Å². The fraction of sp³-hybridized carbons (Fsp3) is 0.833. The van der Waals surface area contributed by atoms with Gasteiger partial charge >= 0.3 is 17.1 Å². The number of rotatable bonds is 3. The van der Waals surface area contributed by atoms with Crippen LogP contribution in [-0.4, -0.2) is 34.7 Å². The maximum absolute atomic E-state index is 10.3. The predicted molar refractivity (Wildman–Crippen MR) is 65.3 cm³/mol. The molecule has 0 heterocycles. The summed E-state index contributed by atoms with van der Waals surface area (Å²) in [4.78, 5) is 19.3. The second-order valence-corrected chi connectivity index (χ2v) is 4.25. The molecular weight excluding hydrogens is 286 g/mol. The molecule has 0 unspecified atom stereocenters. The van der Waals surface area contributed by atoms with Crippen molar-refractivity contribution < 1.29 is 36.9 Å². The Bertz CT molecular complexity index is 224. The van der Waals surface area contributed by atoms with Crippen LogP contribution in [0.15, 0.2) is 0 Å². The molecule has 1 aliphatic carbocycles. The number of aliphatic carboxylic acids is 2. The third-order valence-electron chi connectivity index (χ3n) is 2.56. The van der Waals surface area contributed by atoms with Crippen molar-refractivity contribution in [2.45, 2.75) is 57.9 Å². The summed E-state index contributed by atoms with van der Waals surface area (Å²) >= 11 is 0. The summed E-state index contributed by atoms with van der Waals surface area (Å²) < 4.78 is 0. The first-order chi connectivity index (χ1) is 8.02. The van der Waals surface area contributed by atoms with E-state index in [1.165, 1.54) is 32.1 Å². The molecular formula is C12H22CuNO4. The number of hydrogen-bond donors (Lipinski definition) is 2. The molecule has 0 aromatic carbocycles. The van der Waals surface area contributed by atoms with Crippen LogP contribution in [-0.2, 0) is 26.7 Å². The summed E-state index contributed by atoms with van der Waals surface area (Å²) in [6.45, 7) is 1.07. The van der Waals surface area contributed by atoms with Crippen LogP contribution in [0.2, 0.25) is 0 Å². The van der Waals surface area contributed by atoms with E-state index >= 15 is 0 Å². The van der Waals surface area contributed by atoms with Gasteiger partial charge in [0.25, 0.3) is 11.9 Å². The fourth-order valence-corrected chi connectivity index (χ4v) is 1.82. The maximum atomic E-state index is 10.3. The quantitative estimate of drug-likeness (QED) is 0.784. The van der Waals surface area contributed by atoms with Gasteiger partial charge in [-0.2, -0.15) is 0 Å². The number of carboxylic acids is 2. The number of carboxylic acid groups (broad SMARTS) is 2. The third kappa shape index (κ3) is 15.4. The average molecular weight is 308 g/mol. The topological polar surface area (TPSA) is 88.7 Å². The minimum Gasteiger partial charge on any atom is -0.650 e. The summed E-state index contributed by atoms with van der Waals surface area (Å²) in [5, 5.41) is 20.1. The summed E-state index contributed by atoms with van der Waals surface area (Å²) in [5.41, 5.74) is 0. The monoisotopic (exact) mass is 307 g/mol. The molecule has 1 fully saturated rings. The Balaban J connectivity index is 0. The fourth-order valence-electron chi connectivity index (χ4n) is 1.82. The van der Waals surface area contributed by atoms with Gasteiger partial charge in [-0.25, -0.2) is 0 Å². The van der Waals surface area contributed by atoms with Crippen molar-refractivity contribution in [3.63, 3.8) is 0 Å². The zero-order chi connectivity index (χ0) is 13.1. The van der Waals surface area contributed by atoms with Crippen molar-refractivity contribution in [1.29, 1.82) is 0 Å². The molecule has 2 N–H and O–H groups in total. The van der Waals surface area contributed by atoms with Gasteiger partial charge in [0.05, 0.1) is 0 Å². The Hall–Kier alpha value is -0.581. The second kappa shape index (κ2) is 12.9. The van der Waals surface area contributed by atoms with Crippen LogP contribution in [0.1, 0.15) is 51.9 Å². The van der Waals surface area contributed by atoms with Crippen LogP contribution in [0.25, 0.3) is 5.32 Å². The first-order valence-electron chi connectivity index (χ1n) is 6.10. The molecule has 0 radical (unpaired) electrons. The van der Waals surface area contributed by atoms with E-state index in [0.717, 1.165) is 19.8 Å². The van der Waals surface area contributed by atoms with E-state index in [9.17, 15) is 4.79 Å². The van der Waals surface area contributed by atoms with Gasteiger partial charge in [-0.3, -0.25) is 9.59 Å². The molecule has 0 spiro atoms. The van der Waals surface area contributed by atoms with Crippen molar-refractivity contribution in [2.75, 3.05) is 6.54 Å². The smallest absolute Gasteiger partial charge is 0.650 e. The van der Waals surface area contributed by atoms with Crippen molar-refractivity contribution in [2.24, 2.45) is 0 Å². The van der Waals surface area contributed by atoms with Crippen LogP contribution >= 0.6 is 0 Å². The molecule has 18 heavy (non-hydrogen) atoms. The standard InChI is InChI=1S/C10H18NO2.C2H4O2.Cu/c12-10(13)8-11-9-6-4-2-1-3-5-7-9;1-2(3)4;/h9H,1-8H2,(H,12,13);1H3,(H,3,4);/q-1;;+1. The molecule has 5 nitrogen and oxygen atoms in total. The largest absolute Gasteiger partial charge is 1.00 e. The molecule has 0 saturated heterocycles. The summed E-state index contributed by atoms with van der Waals surface area (Å²) in [6.07, 6.45) is 8.53. The Labute approximate surface area is 119 Å². The van der Waals surface area contributed by atoms with E-state index in [4.69, 9.17) is 15.0 Å². The van der Waals surface area contributed by atoms with Gasteiger partial charge in [0.15, 0.2) is 0 Å². The van der Waals surface area contributed by atoms with Gasteiger partial charge in [0, 0.05) is 6.92 Å². The van der Waals surface area contributed by atoms with E-state index in [0.29, 0.717) is 6.04 Å². The molecule has 0 aromatic heterocycles. The van der Waals surface area contributed by atoms with E-state index in [1.807, 2.05) is 0 Å². The van der Waals surface area contributed by atoms with Crippen LogP contribution in [0.3, 0.4) is 0 Å². The Morgan fingerprint density at radius 1 is 1.06 bits per heavy atom. The van der Waals surface area contributed by atoms with E-state index in [2.05, 4.69) is 5.32 Å². The SMILES string of the molecule is CC(=O)O.O=C(O)C[N-]C1CCCCCCC1.[Cu+]. The van der Waals surface area contributed by atoms with Gasteiger partial charge in [-0.15, -0.1) is 6.04 Å². The molecule has 0 bridgehead atoms. The van der Waals surface area contributed by atoms with Crippen molar-refractivity contribution >= 4 is 11.9 Å². The molecule has 1 saturated carbocycles. The predicted octanol–water partition coefficient (Wildman–Crippen LogP) is 2.65. The minimum absolute atomic E-state index is 0. The maximum Gasteiger partial charge on any atom is 1.00 e. The normalized spacial score (nSPS) is 16.3. The second-order valence-electron chi connectivity index (χ2n) is 4.25. The van der Waals surface area contributed by atoms with Crippen LogP contribution in [0.4, 0.5) is 0 Å². The van der Waals surface area contributed by atoms with Gasteiger partial charge in [-0.05, 0) is 6.54 Å². The minimum atomic E-state index is -0.833. The number of hydrogen-bond acceptors (Lipinski definition) is 2. The van der Waals surface area contributed by atoms with Crippen molar-refractivity contribution in [3.8, 4) is 0 Å². The molecule has 1 aliphatic rings. The number of carbonyl (C=O) groups is 2. The zero-order valence-electron chi connectivity index (χ0n) is 10.7. The summed E-state index contributed by atoms with van der Waals surface area (Å²) in [6, 6.07) is 0.316. The number of nitrogens with zero attached hydrogens (tertiary/aromatic N) is 1. The molecule has 110 valence electrons. The first kappa shape index (κ1) is 19.8. The molecule has 1 rings (SSSR count). The van der Waals surface area contributed by atoms with Crippen LogP contribution < -0.4 is 0 Å². The third-order valence-corrected chi connectivity index (χ3v) is 2.56. The molecule has 0 aliphatic heterocycles.